The number of hydrogen-bond acceptors (Lipinski definition) is 4. The third-order valence-corrected chi connectivity index (χ3v) is 1.73. The molecule has 0 fully saturated rings. The van der Waals surface area contributed by atoms with E-state index in [1.54, 1.807) is 0 Å². The summed E-state index contributed by atoms with van der Waals surface area (Å²) in [7, 11) is 0. The summed E-state index contributed by atoms with van der Waals surface area (Å²) in [6, 6.07) is 0. The minimum Gasteiger partial charge on any atom is -0.356 e. The maximum Gasteiger partial charge on any atom is 0.327 e. The number of hydrogen-bond donors (Lipinski definition) is 4. The largest absolute Gasteiger partial charge is 0.356 e. The van der Waals surface area contributed by atoms with E-state index in [-0.39, 0.29) is 11.2 Å². The molecule has 0 saturated carbocycles. The zero-order valence-electron chi connectivity index (χ0n) is 7.47. The van der Waals surface area contributed by atoms with Gasteiger partial charge in [-0.15, -0.1) is 0 Å². The molecule has 0 atom stereocenters. The summed E-state index contributed by atoms with van der Waals surface area (Å²) in [6.07, 6.45) is 0. The van der Waals surface area contributed by atoms with Crippen LogP contribution >= 0.6 is 0 Å². The van der Waals surface area contributed by atoms with E-state index in [2.05, 4.69) is 25.3 Å². The van der Waals surface area contributed by atoms with Gasteiger partial charge in [0.1, 0.15) is 0 Å². The Kier molecular flexibility index (Phi) is 1.84. The maximum absolute atomic E-state index is 11.2. The molecule has 0 unspecified atom stereocenters. The Balaban J connectivity index is 2.71. The highest BCUT2D eigenvalue weighted by Crippen LogP contribution is 2.04. The van der Waals surface area contributed by atoms with Crippen molar-refractivity contribution in [1.82, 2.24) is 19.9 Å². The standard InChI is InChI=1S/C7H9N5O2/c1-2-8-6-9-3-4(10-6)11-7(14)12-5(3)13/h2H2,1H3,(H4,8,9,10,11,12,13,14). The molecule has 74 valence electrons. The van der Waals surface area contributed by atoms with Gasteiger partial charge in [-0.3, -0.25) is 14.8 Å². The number of fused-ring (bicyclic) bond motifs is 1. The van der Waals surface area contributed by atoms with Crippen LogP contribution in [-0.2, 0) is 0 Å². The molecule has 2 heterocycles. The average Bonchev–Trinajstić information content (AvgIpc) is 2.48. The van der Waals surface area contributed by atoms with Gasteiger partial charge in [0.05, 0.1) is 0 Å². The highest BCUT2D eigenvalue weighted by atomic mass is 16.2. The first-order valence-corrected chi connectivity index (χ1v) is 4.17. The third kappa shape index (κ3) is 1.28. The molecule has 7 nitrogen and oxygen atoms in total. The third-order valence-electron chi connectivity index (χ3n) is 1.73. The van der Waals surface area contributed by atoms with Gasteiger partial charge in [0, 0.05) is 6.54 Å². The molecule has 0 bridgehead atoms. The summed E-state index contributed by atoms with van der Waals surface area (Å²) < 4.78 is 0. The number of nitrogens with one attached hydrogen (secondary N) is 4. The molecule has 7 heteroatoms. The van der Waals surface area contributed by atoms with Gasteiger partial charge in [-0.1, -0.05) is 0 Å². The van der Waals surface area contributed by atoms with Crippen LogP contribution in [0.5, 0.6) is 0 Å². The normalized spacial score (nSPS) is 10.6. The van der Waals surface area contributed by atoms with E-state index in [9.17, 15) is 9.59 Å². The van der Waals surface area contributed by atoms with E-state index in [4.69, 9.17) is 0 Å². The number of H-pyrrole nitrogens is 3. The Morgan fingerprint density at radius 3 is 2.79 bits per heavy atom. The van der Waals surface area contributed by atoms with Crippen LogP contribution in [0.15, 0.2) is 9.59 Å². The van der Waals surface area contributed by atoms with Crippen molar-refractivity contribution in [2.45, 2.75) is 6.92 Å². The minimum absolute atomic E-state index is 0.259. The first kappa shape index (κ1) is 8.54. The summed E-state index contributed by atoms with van der Waals surface area (Å²) in [5.74, 6) is 0.467. The quantitative estimate of drug-likeness (QED) is 0.511. The number of anilines is 1. The summed E-state index contributed by atoms with van der Waals surface area (Å²) in [6.45, 7) is 2.59. The summed E-state index contributed by atoms with van der Waals surface area (Å²) in [5, 5.41) is 2.90. The van der Waals surface area contributed by atoms with E-state index in [1.807, 2.05) is 6.92 Å². The second-order valence-corrected chi connectivity index (χ2v) is 2.75. The van der Waals surface area contributed by atoms with Crippen molar-refractivity contribution in [3.63, 3.8) is 0 Å². The van der Waals surface area contributed by atoms with Crippen molar-refractivity contribution in [2.75, 3.05) is 11.9 Å². The lowest BCUT2D eigenvalue weighted by Crippen LogP contribution is -2.21. The van der Waals surface area contributed by atoms with Crippen LogP contribution in [0.4, 0.5) is 5.95 Å². The van der Waals surface area contributed by atoms with Crippen molar-refractivity contribution in [3.8, 4) is 0 Å². The lowest BCUT2D eigenvalue weighted by atomic mass is 10.5. The summed E-state index contributed by atoms with van der Waals surface area (Å²) >= 11 is 0. The number of imidazole rings is 1. The van der Waals surface area contributed by atoms with Crippen LogP contribution in [0.1, 0.15) is 6.92 Å². The van der Waals surface area contributed by atoms with Crippen molar-refractivity contribution >= 4 is 17.1 Å². The number of aromatic amines is 3. The van der Waals surface area contributed by atoms with Crippen LogP contribution < -0.4 is 16.6 Å². The van der Waals surface area contributed by atoms with Crippen LogP contribution in [0.25, 0.3) is 11.2 Å². The molecule has 2 aromatic heterocycles. The van der Waals surface area contributed by atoms with Crippen molar-refractivity contribution in [3.05, 3.63) is 20.8 Å². The van der Waals surface area contributed by atoms with Gasteiger partial charge in [-0.25, -0.2) is 4.79 Å². The van der Waals surface area contributed by atoms with E-state index in [0.717, 1.165) is 0 Å². The molecular formula is C7H9N5O2. The second-order valence-electron chi connectivity index (χ2n) is 2.75. The molecule has 0 spiro atoms. The van der Waals surface area contributed by atoms with E-state index < -0.39 is 11.2 Å². The van der Waals surface area contributed by atoms with Gasteiger partial charge in [0.15, 0.2) is 11.2 Å². The highest BCUT2D eigenvalue weighted by molar-refractivity contribution is 5.71. The molecule has 4 N–H and O–H groups in total. The monoisotopic (exact) mass is 195 g/mol. The van der Waals surface area contributed by atoms with Crippen LogP contribution in [-0.4, -0.2) is 26.5 Å². The minimum atomic E-state index is -0.558. The van der Waals surface area contributed by atoms with Gasteiger partial charge >= 0.3 is 5.69 Å². The summed E-state index contributed by atoms with van der Waals surface area (Å²) in [4.78, 5) is 33.4. The lowest BCUT2D eigenvalue weighted by molar-refractivity contribution is 1.07. The molecule has 2 rings (SSSR count). The predicted molar refractivity (Wildman–Crippen MR) is 51.5 cm³/mol. The summed E-state index contributed by atoms with van der Waals surface area (Å²) in [5.41, 5.74) is -0.507. The van der Waals surface area contributed by atoms with Gasteiger partial charge in [0.2, 0.25) is 5.95 Å². The Morgan fingerprint density at radius 1 is 1.29 bits per heavy atom. The van der Waals surface area contributed by atoms with E-state index in [0.29, 0.717) is 12.5 Å². The fourth-order valence-corrected chi connectivity index (χ4v) is 1.18. The SMILES string of the molecule is CCNc1nc2[nH]c(=O)[nH]c(=O)c2[nH]1. The molecule has 0 amide bonds. The topological polar surface area (TPSA) is 106 Å². The van der Waals surface area contributed by atoms with Crippen LogP contribution in [0.3, 0.4) is 0 Å². The van der Waals surface area contributed by atoms with Crippen molar-refractivity contribution in [2.24, 2.45) is 0 Å². The number of rotatable bonds is 2. The molecule has 0 aromatic carbocycles. The second kappa shape index (κ2) is 3.02. The van der Waals surface area contributed by atoms with Gasteiger partial charge in [0.25, 0.3) is 5.56 Å². The van der Waals surface area contributed by atoms with Gasteiger partial charge in [-0.05, 0) is 6.92 Å². The molecule has 14 heavy (non-hydrogen) atoms. The Hall–Kier alpha value is -2.05. The zero-order valence-corrected chi connectivity index (χ0v) is 7.47. The van der Waals surface area contributed by atoms with Crippen molar-refractivity contribution in [1.29, 1.82) is 0 Å². The predicted octanol–water partition coefficient (Wildman–Crippen LogP) is -0.629. The Morgan fingerprint density at radius 2 is 2.07 bits per heavy atom. The molecule has 0 aliphatic rings. The maximum atomic E-state index is 11.2. The fourth-order valence-electron chi connectivity index (χ4n) is 1.18. The van der Waals surface area contributed by atoms with E-state index in [1.165, 1.54) is 0 Å². The molecule has 0 aliphatic heterocycles. The lowest BCUT2D eigenvalue weighted by Gasteiger charge is -1.92. The fraction of sp³-hybridized carbons (Fsp3) is 0.286. The highest BCUT2D eigenvalue weighted by Gasteiger charge is 2.05. The number of nitrogens with zero attached hydrogens (tertiary/aromatic N) is 1. The van der Waals surface area contributed by atoms with Crippen LogP contribution in [0, 0.1) is 0 Å². The Labute approximate surface area is 77.6 Å². The average molecular weight is 195 g/mol. The molecule has 0 aliphatic carbocycles. The zero-order chi connectivity index (χ0) is 10.1. The van der Waals surface area contributed by atoms with Crippen molar-refractivity contribution < 1.29 is 0 Å². The Bertz CT molecular complexity index is 563. The number of aromatic nitrogens is 4. The van der Waals surface area contributed by atoms with Gasteiger partial charge < -0.3 is 10.3 Å². The molecule has 0 saturated heterocycles. The van der Waals surface area contributed by atoms with Gasteiger partial charge in [-0.2, -0.15) is 4.98 Å². The molecular weight excluding hydrogens is 186 g/mol. The van der Waals surface area contributed by atoms with E-state index >= 15 is 0 Å². The molecule has 0 radical (unpaired) electrons. The molecule has 2 aromatic rings. The van der Waals surface area contributed by atoms with Crippen LogP contribution in [0.2, 0.25) is 0 Å². The smallest absolute Gasteiger partial charge is 0.327 e. The first-order valence-electron chi connectivity index (χ1n) is 4.17. The first-order chi connectivity index (χ1) is 6.70.